The lowest BCUT2D eigenvalue weighted by atomic mass is 10.1. The van der Waals surface area contributed by atoms with Crippen molar-refractivity contribution >= 4 is 29.7 Å². The number of nitrogens with one attached hydrogen (secondary N) is 1. The van der Waals surface area contributed by atoms with Crippen LogP contribution in [0.25, 0.3) is 0 Å². The molecule has 0 aliphatic rings. The van der Waals surface area contributed by atoms with E-state index in [9.17, 15) is 19.6 Å². The van der Waals surface area contributed by atoms with Crippen molar-refractivity contribution < 1.29 is 19.1 Å². The SMILES string of the molecule is CC(C)[C@@H](OC(=O)c1ccccc1Sc1ccccc1C#N)C(=O)NC(N)=O. The summed E-state index contributed by atoms with van der Waals surface area (Å²) in [6.45, 7) is 3.37. The fraction of sp³-hybridized carbons (Fsp3) is 0.200. The van der Waals surface area contributed by atoms with Crippen LogP contribution in [0, 0.1) is 17.2 Å². The first-order chi connectivity index (χ1) is 13.3. The van der Waals surface area contributed by atoms with Crippen LogP contribution in [0.15, 0.2) is 58.3 Å². The first-order valence-corrected chi connectivity index (χ1v) is 9.22. The zero-order valence-electron chi connectivity index (χ0n) is 15.3. The number of carbonyl (C=O) groups is 3. The molecular formula is C20H19N3O4S. The minimum Gasteiger partial charge on any atom is -0.448 e. The number of hydrogen-bond donors (Lipinski definition) is 2. The number of imide groups is 1. The third kappa shape index (κ3) is 5.34. The Morgan fingerprint density at radius 2 is 1.68 bits per heavy atom. The molecule has 0 aliphatic carbocycles. The predicted octanol–water partition coefficient (Wildman–Crippen LogP) is 3.09. The van der Waals surface area contributed by atoms with Crippen molar-refractivity contribution in [3.05, 3.63) is 59.7 Å². The average Bonchev–Trinajstić information content (AvgIpc) is 2.65. The molecule has 3 amide bonds. The van der Waals surface area contributed by atoms with Gasteiger partial charge in [0.05, 0.1) is 11.1 Å². The normalized spacial score (nSPS) is 11.4. The Hall–Kier alpha value is -3.31. The Balaban J connectivity index is 2.27. The molecule has 3 N–H and O–H groups in total. The fourth-order valence-corrected chi connectivity index (χ4v) is 3.37. The molecule has 0 heterocycles. The quantitative estimate of drug-likeness (QED) is 0.722. The van der Waals surface area contributed by atoms with Gasteiger partial charge in [0.25, 0.3) is 5.91 Å². The maximum absolute atomic E-state index is 12.7. The van der Waals surface area contributed by atoms with Gasteiger partial charge in [-0.1, -0.05) is 49.9 Å². The summed E-state index contributed by atoms with van der Waals surface area (Å²) in [4.78, 5) is 37.0. The van der Waals surface area contributed by atoms with Crippen molar-refractivity contribution in [2.24, 2.45) is 11.7 Å². The van der Waals surface area contributed by atoms with Gasteiger partial charge in [0.1, 0.15) is 6.07 Å². The summed E-state index contributed by atoms with van der Waals surface area (Å²) in [7, 11) is 0. The summed E-state index contributed by atoms with van der Waals surface area (Å²) < 4.78 is 5.36. The minimum atomic E-state index is -1.18. The molecule has 0 fully saturated rings. The molecule has 0 saturated carbocycles. The molecule has 144 valence electrons. The van der Waals surface area contributed by atoms with Gasteiger partial charge in [-0.3, -0.25) is 10.1 Å². The number of ether oxygens (including phenoxy) is 1. The van der Waals surface area contributed by atoms with E-state index in [1.807, 2.05) is 5.32 Å². The van der Waals surface area contributed by atoms with Gasteiger partial charge in [-0.15, -0.1) is 0 Å². The van der Waals surface area contributed by atoms with Gasteiger partial charge in [0.2, 0.25) is 0 Å². The van der Waals surface area contributed by atoms with E-state index in [2.05, 4.69) is 6.07 Å². The van der Waals surface area contributed by atoms with Crippen molar-refractivity contribution in [2.45, 2.75) is 29.7 Å². The lowest BCUT2D eigenvalue weighted by Gasteiger charge is -2.20. The zero-order chi connectivity index (χ0) is 20.7. The van der Waals surface area contributed by atoms with Crippen molar-refractivity contribution in [1.82, 2.24) is 5.32 Å². The van der Waals surface area contributed by atoms with Crippen LogP contribution in [0.5, 0.6) is 0 Å². The molecule has 0 bridgehead atoms. The number of urea groups is 1. The summed E-state index contributed by atoms with van der Waals surface area (Å²) >= 11 is 1.25. The highest BCUT2D eigenvalue weighted by atomic mass is 32.2. The lowest BCUT2D eigenvalue weighted by molar-refractivity contribution is -0.130. The van der Waals surface area contributed by atoms with Gasteiger partial charge in [-0.05, 0) is 30.2 Å². The maximum atomic E-state index is 12.7. The highest BCUT2D eigenvalue weighted by molar-refractivity contribution is 7.99. The molecule has 8 heteroatoms. The van der Waals surface area contributed by atoms with Crippen LogP contribution in [0.2, 0.25) is 0 Å². The molecule has 1 atom stereocenters. The summed E-state index contributed by atoms with van der Waals surface area (Å²) in [6.07, 6.45) is -1.18. The standard InChI is InChI=1S/C20H19N3O4S/c1-12(2)17(18(24)23-20(22)26)27-19(25)14-8-4-6-10-16(14)28-15-9-5-3-7-13(15)11-21/h3-10,12,17H,1-2H3,(H3,22,23,24,26)/t17-/m1/s1. The fourth-order valence-electron chi connectivity index (χ4n) is 2.35. The first-order valence-electron chi connectivity index (χ1n) is 8.40. The maximum Gasteiger partial charge on any atom is 0.340 e. The van der Waals surface area contributed by atoms with E-state index < -0.39 is 24.0 Å². The van der Waals surface area contributed by atoms with Gasteiger partial charge in [-0.25, -0.2) is 9.59 Å². The molecule has 0 aromatic heterocycles. The molecule has 2 aromatic carbocycles. The predicted molar refractivity (Wildman–Crippen MR) is 103 cm³/mol. The summed E-state index contributed by atoms with van der Waals surface area (Å²) in [5, 5.41) is 11.2. The number of nitriles is 1. The van der Waals surface area contributed by atoms with Crippen molar-refractivity contribution in [3.8, 4) is 6.07 Å². The van der Waals surface area contributed by atoms with Gasteiger partial charge >= 0.3 is 12.0 Å². The van der Waals surface area contributed by atoms with Crippen LogP contribution in [-0.4, -0.2) is 24.0 Å². The molecule has 0 aliphatic heterocycles. The van der Waals surface area contributed by atoms with Gasteiger partial charge in [0.15, 0.2) is 6.10 Å². The van der Waals surface area contributed by atoms with Crippen molar-refractivity contribution in [1.29, 1.82) is 5.26 Å². The van der Waals surface area contributed by atoms with Crippen LogP contribution < -0.4 is 11.1 Å². The number of nitrogens with two attached hydrogens (primary N) is 1. The van der Waals surface area contributed by atoms with Gasteiger partial charge in [0, 0.05) is 9.79 Å². The lowest BCUT2D eigenvalue weighted by Crippen LogP contribution is -2.45. The van der Waals surface area contributed by atoms with Crippen molar-refractivity contribution in [3.63, 3.8) is 0 Å². The highest BCUT2D eigenvalue weighted by Crippen LogP contribution is 2.33. The molecule has 2 rings (SSSR count). The number of rotatable bonds is 6. The van der Waals surface area contributed by atoms with E-state index in [1.165, 1.54) is 11.8 Å². The molecule has 0 radical (unpaired) electrons. The average molecular weight is 397 g/mol. The van der Waals surface area contributed by atoms with Crippen molar-refractivity contribution in [2.75, 3.05) is 0 Å². The van der Waals surface area contributed by atoms with Crippen LogP contribution in [-0.2, 0) is 9.53 Å². The molecule has 0 spiro atoms. The van der Waals surface area contributed by atoms with Crippen LogP contribution in [0.1, 0.15) is 29.8 Å². The Kier molecular flexibility index (Phi) is 7.18. The third-order valence-corrected chi connectivity index (χ3v) is 4.83. The van der Waals surface area contributed by atoms with Crippen LogP contribution in [0.3, 0.4) is 0 Å². The summed E-state index contributed by atoms with van der Waals surface area (Å²) in [5.41, 5.74) is 5.70. The van der Waals surface area contributed by atoms with Gasteiger partial charge < -0.3 is 10.5 Å². The molecule has 2 aromatic rings. The molecule has 28 heavy (non-hydrogen) atoms. The first kappa shape index (κ1) is 21.0. The largest absolute Gasteiger partial charge is 0.448 e. The minimum absolute atomic E-state index is 0.248. The topological polar surface area (TPSA) is 122 Å². The molecule has 7 nitrogen and oxygen atoms in total. The summed E-state index contributed by atoms with van der Waals surface area (Å²) in [5.74, 6) is -1.87. The second kappa shape index (κ2) is 9.58. The second-order valence-corrected chi connectivity index (χ2v) is 7.21. The third-order valence-electron chi connectivity index (χ3n) is 3.68. The summed E-state index contributed by atoms with van der Waals surface area (Å²) in [6, 6.07) is 14.8. The Labute approximate surface area is 166 Å². The van der Waals surface area contributed by atoms with Gasteiger partial charge in [-0.2, -0.15) is 5.26 Å². The number of amides is 3. The van der Waals surface area contributed by atoms with E-state index in [4.69, 9.17) is 10.5 Å². The number of primary amides is 1. The number of nitrogens with zero attached hydrogens (tertiary/aromatic N) is 1. The second-order valence-electron chi connectivity index (χ2n) is 6.13. The zero-order valence-corrected chi connectivity index (χ0v) is 16.2. The highest BCUT2D eigenvalue weighted by Gasteiger charge is 2.28. The van der Waals surface area contributed by atoms with E-state index in [0.717, 1.165) is 0 Å². The van der Waals surface area contributed by atoms with Crippen LogP contribution >= 0.6 is 11.8 Å². The number of carbonyl (C=O) groups excluding carboxylic acids is 3. The Morgan fingerprint density at radius 1 is 1.07 bits per heavy atom. The van der Waals surface area contributed by atoms with Crippen LogP contribution in [0.4, 0.5) is 4.79 Å². The van der Waals surface area contributed by atoms with E-state index >= 15 is 0 Å². The number of benzene rings is 2. The molecule has 0 unspecified atom stereocenters. The number of hydrogen-bond acceptors (Lipinski definition) is 6. The van der Waals surface area contributed by atoms with E-state index in [-0.39, 0.29) is 11.5 Å². The monoisotopic (exact) mass is 397 g/mol. The molecular weight excluding hydrogens is 378 g/mol. The molecule has 0 saturated heterocycles. The van der Waals surface area contributed by atoms with E-state index in [1.54, 1.807) is 62.4 Å². The van der Waals surface area contributed by atoms with E-state index in [0.29, 0.717) is 15.4 Å². The number of esters is 1. The smallest absolute Gasteiger partial charge is 0.340 e. The Bertz CT molecular complexity index is 937. The Morgan fingerprint density at radius 3 is 2.29 bits per heavy atom.